The molecule has 0 unspecified atom stereocenters. The van der Waals surface area contributed by atoms with Crippen LogP contribution in [0.15, 0.2) is 0 Å². The van der Waals surface area contributed by atoms with E-state index >= 15 is 0 Å². The molecule has 0 aliphatic rings. The molecule has 0 aromatic rings. The Balaban J connectivity index is -0.000000000879. The van der Waals surface area contributed by atoms with Crippen LogP contribution in [0.1, 0.15) is 0 Å². The molecule has 0 aromatic carbocycles. The van der Waals surface area contributed by atoms with Gasteiger partial charge in [0.25, 0.3) is 0 Å². The molecule has 0 spiro atoms. The van der Waals surface area contributed by atoms with Gasteiger partial charge in [-0.25, -0.2) is 0 Å². The molecule has 0 saturated carbocycles. The van der Waals surface area contributed by atoms with Crippen molar-refractivity contribution in [2.24, 2.45) is 0 Å². The van der Waals surface area contributed by atoms with E-state index in [9.17, 15) is 0 Å². The van der Waals surface area contributed by atoms with Crippen LogP contribution in [0.25, 0.3) is 0 Å². The second kappa shape index (κ2) is 106. The average Bonchev–Trinajstić information content (AvgIpc) is 0.722. The molecule has 0 fully saturated rings. The van der Waals surface area contributed by atoms with Crippen molar-refractivity contribution < 1.29 is 168 Å². The van der Waals surface area contributed by atoms with Crippen molar-refractivity contribution in [1.82, 2.24) is 0 Å². The van der Waals surface area contributed by atoms with Crippen molar-refractivity contribution in [3.8, 4) is 0 Å². The first kappa shape index (κ1) is 208. The average molecular weight is 362 g/mol. The van der Waals surface area contributed by atoms with Gasteiger partial charge in [0, 0.05) is 0 Å². The van der Waals surface area contributed by atoms with E-state index in [4.69, 9.17) is 19.2 Å². The van der Waals surface area contributed by atoms with Gasteiger partial charge in [-0.05, 0) is 0 Å². The summed E-state index contributed by atoms with van der Waals surface area (Å²) in [4.78, 5) is 25.6. The molecule has 0 heterocycles. The van der Waals surface area contributed by atoms with Gasteiger partial charge in [-0.1, -0.05) is 0 Å². The summed E-state index contributed by atoms with van der Waals surface area (Å²) in [5.74, 6) is 0. The molecule has 0 radical (unpaired) electrons. The maximum absolute atomic E-state index is 8.55. The Morgan fingerprint density at radius 1 is 0.421 bits per heavy atom. The van der Waals surface area contributed by atoms with E-state index in [-0.39, 0.29) is 149 Å². The summed E-state index contributed by atoms with van der Waals surface area (Å²) in [6, 6.07) is 0. The van der Waals surface area contributed by atoms with Crippen molar-refractivity contribution >= 4 is 7.82 Å². The molecule has 0 aliphatic carbocycles. The number of rotatable bonds is 0. The molecule has 0 saturated heterocycles. The van der Waals surface area contributed by atoms with Crippen LogP contribution < -0.4 is 103 Å². The molecule has 120 valence electrons. The van der Waals surface area contributed by atoms with E-state index in [1.54, 1.807) is 0 Å². The van der Waals surface area contributed by atoms with E-state index in [0.717, 1.165) is 0 Å². The Bertz CT molecular complexity index is 63.5. The van der Waals surface area contributed by atoms with Gasteiger partial charge in [-0.2, -0.15) is 7.82 Å². The second-order valence-corrected chi connectivity index (χ2v) is 1.34. The minimum absolute atomic E-state index is 0. The Labute approximate surface area is 174 Å². The zero-order valence-corrected chi connectivity index (χ0v) is 17.5. The van der Waals surface area contributed by atoms with Gasteiger partial charge in [0.2, 0.25) is 0 Å². The van der Waals surface area contributed by atoms with Crippen molar-refractivity contribution in [2.45, 2.75) is 0 Å². The number of hydrogen-bond donors (Lipinski definition) is 0. The Kier molecular flexibility index (Phi) is 1170. The molecule has 19 heavy (non-hydrogen) atoms. The molecule has 0 bridgehead atoms. The van der Waals surface area contributed by atoms with Crippen LogP contribution in [0.3, 0.4) is 0 Å². The Morgan fingerprint density at radius 2 is 0.421 bits per heavy atom. The zero-order valence-electron chi connectivity index (χ0n) is 10.6. The van der Waals surface area contributed by atoms with Crippen LogP contribution in [-0.2, 0) is 4.57 Å². The fraction of sp³-hybridized carbons (Fsp3) is 0. The standard InChI is InChI=1S/3Na.H3O4P.11H2O/c;;;1-5(2,3)4;;;;;;;;;;;/h;;;(H3,1,2,3,4);11*1H2/q3*+1;;;;;;;;;;;;/p-3. The molecular formula is H22Na3O15P. The molecule has 0 aromatic heterocycles. The molecule has 0 atom stereocenters. The summed E-state index contributed by atoms with van der Waals surface area (Å²) in [5.41, 5.74) is 0. The summed E-state index contributed by atoms with van der Waals surface area (Å²) in [6.07, 6.45) is 0. The zero-order chi connectivity index (χ0) is 4.50. The van der Waals surface area contributed by atoms with Crippen LogP contribution in [0.5, 0.6) is 0 Å². The van der Waals surface area contributed by atoms with E-state index < -0.39 is 7.82 Å². The maximum Gasteiger partial charge on any atom is 1.00 e. The molecule has 0 rings (SSSR count). The Hall–Kier alpha value is 2.67. The fourth-order valence-corrected chi connectivity index (χ4v) is 0. The molecule has 19 heteroatoms. The van der Waals surface area contributed by atoms with Crippen molar-refractivity contribution in [1.29, 1.82) is 0 Å². The second-order valence-electron chi connectivity index (χ2n) is 0.447. The molecule has 0 aliphatic heterocycles. The monoisotopic (exact) mass is 362 g/mol. The first-order valence-electron chi connectivity index (χ1n) is 0.730. The van der Waals surface area contributed by atoms with Crippen molar-refractivity contribution in [3.05, 3.63) is 0 Å². The van der Waals surface area contributed by atoms with E-state index in [2.05, 4.69) is 0 Å². The van der Waals surface area contributed by atoms with Crippen LogP contribution in [0.4, 0.5) is 0 Å². The van der Waals surface area contributed by atoms with Crippen molar-refractivity contribution in [2.75, 3.05) is 0 Å². The first-order valence-corrected chi connectivity index (χ1v) is 2.19. The summed E-state index contributed by atoms with van der Waals surface area (Å²) in [6.45, 7) is 0. The first-order chi connectivity index (χ1) is 2.00. The quantitative estimate of drug-likeness (QED) is 0.299. The van der Waals surface area contributed by atoms with Gasteiger partial charge in [-0.15, -0.1) is 0 Å². The number of phosphoric acid groups is 1. The maximum atomic E-state index is 8.55. The molecule has 15 nitrogen and oxygen atoms in total. The van der Waals surface area contributed by atoms with Gasteiger partial charge in [0.15, 0.2) is 0 Å². The van der Waals surface area contributed by atoms with Gasteiger partial charge in [0.05, 0.1) is 0 Å². The fourth-order valence-electron chi connectivity index (χ4n) is 0. The van der Waals surface area contributed by atoms with Crippen LogP contribution in [0, 0.1) is 0 Å². The minimum atomic E-state index is -5.39. The largest absolute Gasteiger partial charge is 1.00 e. The van der Waals surface area contributed by atoms with Crippen molar-refractivity contribution in [3.63, 3.8) is 0 Å². The van der Waals surface area contributed by atoms with E-state index in [0.29, 0.717) is 0 Å². The predicted molar refractivity (Wildman–Crippen MR) is 47.4 cm³/mol. The SMILES string of the molecule is O.O.O.O.O.O.O.O.O.O.O.O=P([O-])([O-])[O-].[Na+].[Na+].[Na+]. The van der Waals surface area contributed by atoms with E-state index in [1.807, 2.05) is 0 Å². The normalized spacial score (nSPS) is 3.11. The summed E-state index contributed by atoms with van der Waals surface area (Å²) in [5, 5.41) is 0. The molecule has 0 amide bonds. The third-order valence-electron chi connectivity index (χ3n) is 0. The van der Waals surface area contributed by atoms with Crippen LogP contribution in [-0.4, -0.2) is 60.2 Å². The van der Waals surface area contributed by atoms with Crippen LogP contribution >= 0.6 is 7.82 Å². The van der Waals surface area contributed by atoms with Gasteiger partial charge < -0.3 is 79.5 Å². The smallest absolute Gasteiger partial charge is 0.822 e. The Morgan fingerprint density at radius 3 is 0.421 bits per heavy atom. The van der Waals surface area contributed by atoms with Gasteiger partial charge in [0.1, 0.15) is 0 Å². The van der Waals surface area contributed by atoms with Gasteiger partial charge >= 0.3 is 88.7 Å². The summed E-state index contributed by atoms with van der Waals surface area (Å²) < 4.78 is 8.55. The predicted octanol–water partition coefficient (Wildman–Crippen LogP) is -20.9. The summed E-state index contributed by atoms with van der Waals surface area (Å²) in [7, 11) is -5.39. The molecular weight excluding hydrogens is 340 g/mol. The topological polar surface area (TPSA) is 433 Å². The summed E-state index contributed by atoms with van der Waals surface area (Å²) >= 11 is 0. The van der Waals surface area contributed by atoms with Gasteiger partial charge in [-0.3, -0.25) is 0 Å². The molecule has 22 N–H and O–H groups in total. The minimum Gasteiger partial charge on any atom is -0.822 e. The van der Waals surface area contributed by atoms with E-state index in [1.165, 1.54) is 0 Å². The third kappa shape index (κ3) is 1010. The number of hydrogen-bond acceptors (Lipinski definition) is 4. The van der Waals surface area contributed by atoms with Crippen LogP contribution in [0.2, 0.25) is 0 Å². The third-order valence-corrected chi connectivity index (χ3v) is 0.